The van der Waals surface area contributed by atoms with Gasteiger partial charge in [0.25, 0.3) is 0 Å². The van der Waals surface area contributed by atoms with Gasteiger partial charge in [-0.25, -0.2) is 4.79 Å². The summed E-state index contributed by atoms with van der Waals surface area (Å²) in [6, 6.07) is 7.62. The van der Waals surface area contributed by atoms with E-state index in [9.17, 15) is 14.4 Å². The molecule has 0 aromatic heterocycles. The second-order valence-corrected chi connectivity index (χ2v) is 3.94. The third-order valence-corrected chi connectivity index (χ3v) is 2.44. The van der Waals surface area contributed by atoms with Gasteiger partial charge in [-0.05, 0) is 23.8 Å². The van der Waals surface area contributed by atoms with Gasteiger partial charge >= 0.3 is 5.97 Å². The van der Waals surface area contributed by atoms with Gasteiger partial charge in [0.15, 0.2) is 0 Å². The highest BCUT2D eigenvalue weighted by molar-refractivity contribution is 6.13. The molecular formula is C14H12N2O4. The van der Waals surface area contributed by atoms with Crippen LogP contribution in [0.5, 0.6) is 0 Å². The summed E-state index contributed by atoms with van der Waals surface area (Å²) >= 11 is 0. The minimum absolute atomic E-state index is 0.385. The first-order valence-electron chi connectivity index (χ1n) is 5.63. The van der Waals surface area contributed by atoms with E-state index in [4.69, 9.17) is 10.4 Å². The first-order chi connectivity index (χ1) is 9.36. The molecule has 1 aromatic carbocycles. The van der Waals surface area contributed by atoms with Crippen molar-refractivity contribution in [3.05, 3.63) is 35.4 Å². The van der Waals surface area contributed by atoms with E-state index in [0.717, 1.165) is 4.90 Å². The van der Waals surface area contributed by atoms with E-state index >= 15 is 0 Å². The lowest BCUT2D eigenvalue weighted by molar-refractivity contribution is -0.132. The SMILES string of the molecule is CC(=O)N(C(C)=O)c1ccc(/C=C(\C#N)C(=O)O)cc1. The van der Waals surface area contributed by atoms with Crippen molar-refractivity contribution in [1.82, 2.24) is 0 Å². The number of carboxylic acid groups (broad SMARTS) is 1. The largest absolute Gasteiger partial charge is 0.477 e. The Morgan fingerprint density at radius 3 is 2.00 bits per heavy atom. The van der Waals surface area contributed by atoms with Crippen LogP contribution in [-0.2, 0) is 14.4 Å². The number of imide groups is 1. The number of aliphatic carboxylic acids is 1. The summed E-state index contributed by atoms with van der Waals surface area (Å²) in [7, 11) is 0. The molecule has 1 rings (SSSR count). The van der Waals surface area contributed by atoms with Crippen molar-refractivity contribution in [3.8, 4) is 6.07 Å². The van der Waals surface area contributed by atoms with E-state index in [2.05, 4.69) is 0 Å². The van der Waals surface area contributed by atoms with Gasteiger partial charge in [-0.1, -0.05) is 12.1 Å². The topological polar surface area (TPSA) is 98.5 Å². The molecule has 0 fully saturated rings. The van der Waals surface area contributed by atoms with Gasteiger partial charge in [0, 0.05) is 13.8 Å². The molecular weight excluding hydrogens is 260 g/mol. The minimum atomic E-state index is -1.31. The van der Waals surface area contributed by atoms with Gasteiger partial charge in [0.05, 0.1) is 5.69 Å². The fraction of sp³-hybridized carbons (Fsp3) is 0.143. The highest BCUT2D eigenvalue weighted by atomic mass is 16.4. The Morgan fingerprint density at radius 2 is 1.65 bits per heavy atom. The van der Waals surface area contributed by atoms with Crippen LogP contribution in [0, 0.1) is 11.3 Å². The molecule has 0 saturated heterocycles. The molecule has 0 saturated carbocycles. The summed E-state index contributed by atoms with van der Waals surface area (Å²) in [5.74, 6) is -2.14. The Labute approximate surface area is 115 Å². The molecule has 0 radical (unpaired) electrons. The lowest BCUT2D eigenvalue weighted by Gasteiger charge is -2.17. The van der Waals surface area contributed by atoms with Crippen molar-refractivity contribution in [1.29, 1.82) is 5.26 Å². The molecule has 2 amide bonds. The lowest BCUT2D eigenvalue weighted by atomic mass is 10.1. The van der Waals surface area contributed by atoms with Crippen molar-refractivity contribution < 1.29 is 19.5 Å². The molecule has 102 valence electrons. The number of hydrogen-bond acceptors (Lipinski definition) is 4. The molecule has 0 aliphatic carbocycles. The zero-order valence-corrected chi connectivity index (χ0v) is 11.0. The van der Waals surface area contributed by atoms with Crippen molar-refractivity contribution in [2.75, 3.05) is 4.90 Å². The Balaban J connectivity index is 3.12. The second-order valence-electron chi connectivity index (χ2n) is 3.94. The molecule has 6 nitrogen and oxygen atoms in total. The van der Waals surface area contributed by atoms with E-state index in [1.807, 2.05) is 0 Å². The van der Waals surface area contributed by atoms with Crippen molar-refractivity contribution in [2.45, 2.75) is 13.8 Å². The Morgan fingerprint density at radius 1 is 1.15 bits per heavy atom. The lowest BCUT2D eigenvalue weighted by Crippen LogP contribution is -2.32. The summed E-state index contributed by atoms with van der Waals surface area (Å²) in [6.45, 7) is 2.54. The van der Waals surface area contributed by atoms with E-state index in [1.54, 1.807) is 6.07 Å². The standard InChI is InChI=1S/C14H12N2O4/c1-9(17)16(10(2)18)13-5-3-11(4-6-13)7-12(8-15)14(19)20/h3-7H,1-2H3,(H,19,20)/b12-7+. The summed E-state index contributed by atoms with van der Waals surface area (Å²) in [5, 5.41) is 17.4. The predicted molar refractivity (Wildman–Crippen MR) is 71.5 cm³/mol. The number of nitriles is 1. The number of anilines is 1. The number of rotatable bonds is 3. The van der Waals surface area contributed by atoms with Crippen LogP contribution < -0.4 is 4.90 Å². The first-order valence-corrected chi connectivity index (χ1v) is 5.63. The number of carbonyl (C=O) groups excluding carboxylic acids is 2. The van der Waals surface area contributed by atoms with Gasteiger partial charge in [0.2, 0.25) is 11.8 Å². The van der Waals surface area contributed by atoms with Gasteiger partial charge < -0.3 is 5.11 Å². The number of nitrogens with zero attached hydrogens (tertiary/aromatic N) is 2. The highest BCUT2D eigenvalue weighted by Crippen LogP contribution is 2.17. The zero-order chi connectivity index (χ0) is 15.3. The highest BCUT2D eigenvalue weighted by Gasteiger charge is 2.15. The average molecular weight is 272 g/mol. The van der Waals surface area contributed by atoms with Crippen LogP contribution in [0.25, 0.3) is 6.08 Å². The third-order valence-electron chi connectivity index (χ3n) is 2.44. The Kier molecular flexibility index (Phi) is 4.76. The van der Waals surface area contributed by atoms with E-state index < -0.39 is 23.4 Å². The maximum atomic E-state index is 11.4. The fourth-order valence-corrected chi connectivity index (χ4v) is 1.61. The Bertz CT molecular complexity index is 610. The number of benzene rings is 1. The van der Waals surface area contributed by atoms with Gasteiger partial charge in [0.1, 0.15) is 11.6 Å². The molecule has 0 bridgehead atoms. The molecule has 1 N–H and O–H groups in total. The maximum absolute atomic E-state index is 11.4. The normalized spacial score (nSPS) is 10.6. The van der Waals surface area contributed by atoms with Crippen molar-refractivity contribution >= 4 is 29.5 Å². The smallest absolute Gasteiger partial charge is 0.346 e. The van der Waals surface area contributed by atoms with E-state index in [0.29, 0.717) is 11.3 Å². The molecule has 0 aliphatic rings. The molecule has 0 spiro atoms. The van der Waals surface area contributed by atoms with Crippen molar-refractivity contribution in [2.24, 2.45) is 0 Å². The minimum Gasteiger partial charge on any atom is -0.477 e. The molecule has 1 aromatic rings. The van der Waals surface area contributed by atoms with Gasteiger partial charge in [-0.3, -0.25) is 14.5 Å². The monoisotopic (exact) mass is 272 g/mol. The fourth-order valence-electron chi connectivity index (χ4n) is 1.61. The molecule has 0 heterocycles. The second kappa shape index (κ2) is 6.29. The van der Waals surface area contributed by atoms with Crippen LogP contribution in [0.2, 0.25) is 0 Å². The Hall–Kier alpha value is -2.94. The van der Waals surface area contributed by atoms with Crippen molar-refractivity contribution in [3.63, 3.8) is 0 Å². The molecule has 20 heavy (non-hydrogen) atoms. The van der Waals surface area contributed by atoms with Crippen LogP contribution >= 0.6 is 0 Å². The molecule has 6 heteroatoms. The third kappa shape index (κ3) is 3.53. The van der Waals surface area contributed by atoms with Crippen LogP contribution in [0.3, 0.4) is 0 Å². The summed E-state index contributed by atoms with van der Waals surface area (Å²) < 4.78 is 0. The maximum Gasteiger partial charge on any atom is 0.346 e. The first kappa shape index (κ1) is 15.1. The van der Waals surface area contributed by atoms with E-state index in [1.165, 1.54) is 44.2 Å². The van der Waals surface area contributed by atoms with Crippen LogP contribution in [-0.4, -0.2) is 22.9 Å². The number of hydrogen-bond donors (Lipinski definition) is 1. The summed E-state index contributed by atoms with van der Waals surface area (Å²) in [4.78, 5) is 34.4. The molecule has 0 atom stereocenters. The number of carboxylic acids is 1. The molecule has 0 unspecified atom stereocenters. The quantitative estimate of drug-likeness (QED) is 0.665. The van der Waals surface area contributed by atoms with Crippen LogP contribution in [0.1, 0.15) is 19.4 Å². The van der Waals surface area contributed by atoms with Gasteiger partial charge in [-0.2, -0.15) is 5.26 Å². The average Bonchev–Trinajstić information content (AvgIpc) is 2.36. The van der Waals surface area contributed by atoms with Crippen LogP contribution in [0.15, 0.2) is 29.8 Å². The predicted octanol–water partition coefficient (Wildman–Crippen LogP) is 1.58. The molecule has 0 aliphatic heterocycles. The summed E-state index contributed by atoms with van der Waals surface area (Å²) in [6.07, 6.45) is 1.21. The zero-order valence-electron chi connectivity index (χ0n) is 11.0. The van der Waals surface area contributed by atoms with E-state index in [-0.39, 0.29) is 0 Å². The van der Waals surface area contributed by atoms with Crippen LogP contribution in [0.4, 0.5) is 5.69 Å². The van der Waals surface area contributed by atoms with Gasteiger partial charge in [-0.15, -0.1) is 0 Å². The summed E-state index contributed by atoms with van der Waals surface area (Å²) in [5.41, 5.74) is 0.475. The number of amides is 2. The number of carbonyl (C=O) groups is 3.